The third-order valence-corrected chi connectivity index (χ3v) is 3.72. The number of aromatic amines is 1. The molecular formula is C12H11N5OS. The summed E-state index contributed by atoms with van der Waals surface area (Å²) < 4.78 is 1.38. The van der Waals surface area contributed by atoms with Crippen molar-refractivity contribution in [2.75, 3.05) is 5.73 Å². The van der Waals surface area contributed by atoms with Gasteiger partial charge in [-0.15, -0.1) is 0 Å². The first-order chi connectivity index (χ1) is 9.25. The zero-order valence-electron chi connectivity index (χ0n) is 9.91. The lowest BCUT2D eigenvalue weighted by Crippen LogP contribution is -2.20. The average Bonchev–Trinajstić information content (AvgIpc) is 2.88. The maximum absolute atomic E-state index is 12.2. The van der Waals surface area contributed by atoms with Gasteiger partial charge in [0.15, 0.2) is 11.2 Å². The van der Waals surface area contributed by atoms with Gasteiger partial charge in [0.25, 0.3) is 5.56 Å². The largest absolute Gasteiger partial charge is 0.368 e. The summed E-state index contributed by atoms with van der Waals surface area (Å²) in [6.45, 7) is 0. The minimum absolute atomic E-state index is 0.158. The maximum Gasteiger partial charge on any atom is 0.291 e. The Morgan fingerprint density at radius 1 is 1.32 bits per heavy atom. The fourth-order valence-corrected chi connectivity index (χ4v) is 2.58. The summed E-state index contributed by atoms with van der Waals surface area (Å²) in [5, 5.41) is 0. The van der Waals surface area contributed by atoms with Crippen LogP contribution in [0.5, 0.6) is 0 Å². The number of nitrogens with two attached hydrogens (primary N) is 1. The molecule has 19 heavy (non-hydrogen) atoms. The second kappa shape index (κ2) is 4.77. The van der Waals surface area contributed by atoms with Crippen molar-refractivity contribution in [3.8, 4) is 0 Å². The van der Waals surface area contributed by atoms with E-state index in [-0.39, 0.29) is 11.5 Å². The molecule has 0 bridgehead atoms. The van der Waals surface area contributed by atoms with Crippen LogP contribution in [0.2, 0.25) is 0 Å². The summed E-state index contributed by atoms with van der Waals surface area (Å²) >= 11 is 1.31. The minimum Gasteiger partial charge on any atom is -0.368 e. The van der Waals surface area contributed by atoms with Crippen LogP contribution in [0.15, 0.2) is 41.5 Å². The van der Waals surface area contributed by atoms with Crippen molar-refractivity contribution in [1.82, 2.24) is 18.9 Å². The van der Waals surface area contributed by atoms with Gasteiger partial charge < -0.3 is 10.7 Å². The fourth-order valence-electron chi connectivity index (χ4n) is 1.73. The molecule has 0 fully saturated rings. The van der Waals surface area contributed by atoms with Crippen molar-refractivity contribution < 1.29 is 0 Å². The molecule has 3 aromatic rings. The van der Waals surface area contributed by atoms with Gasteiger partial charge in [-0.1, -0.05) is 30.3 Å². The number of hydrogen-bond donors (Lipinski definition) is 2. The van der Waals surface area contributed by atoms with E-state index >= 15 is 0 Å². The van der Waals surface area contributed by atoms with Gasteiger partial charge >= 0.3 is 0 Å². The molecule has 0 atom stereocenters. The van der Waals surface area contributed by atoms with Crippen molar-refractivity contribution in [3.05, 3.63) is 52.6 Å². The Labute approximate surface area is 112 Å². The molecule has 7 heteroatoms. The third-order valence-electron chi connectivity index (χ3n) is 2.65. The van der Waals surface area contributed by atoms with Gasteiger partial charge in [-0.05, 0) is 17.5 Å². The van der Waals surface area contributed by atoms with E-state index in [2.05, 4.69) is 15.0 Å². The molecule has 2 heterocycles. The first kappa shape index (κ1) is 11.8. The van der Waals surface area contributed by atoms with E-state index in [1.807, 2.05) is 30.3 Å². The lowest BCUT2D eigenvalue weighted by molar-refractivity contribution is 1.10. The molecule has 3 N–H and O–H groups in total. The Morgan fingerprint density at radius 3 is 2.89 bits per heavy atom. The SMILES string of the molecule is Nc1nc2nc[nH]c2c(=O)n1SCc1ccccc1. The number of fused-ring (bicyclic) bond motifs is 1. The molecule has 0 spiro atoms. The smallest absolute Gasteiger partial charge is 0.291 e. The summed E-state index contributed by atoms with van der Waals surface area (Å²) in [7, 11) is 0. The highest BCUT2D eigenvalue weighted by molar-refractivity contribution is 7.97. The van der Waals surface area contributed by atoms with Crippen LogP contribution in [0.1, 0.15) is 5.56 Å². The molecular weight excluding hydrogens is 262 g/mol. The molecule has 0 aliphatic carbocycles. The highest BCUT2D eigenvalue weighted by atomic mass is 32.2. The average molecular weight is 273 g/mol. The predicted octanol–water partition coefficient (Wildman–Crippen LogP) is 1.40. The molecule has 0 radical (unpaired) electrons. The molecule has 0 saturated carbocycles. The number of nitrogen functional groups attached to an aromatic ring is 1. The van der Waals surface area contributed by atoms with Crippen LogP contribution in [0.3, 0.4) is 0 Å². The van der Waals surface area contributed by atoms with E-state index < -0.39 is 0 Å². The highest BCUT2D eigenvalue weighted by Gasteiger charge is 2.11. The van der Waals surface area contributed by atoms with E-state index in [4.69, 9.17) is 5.73 Å². The van der Waals surface area contributed by atoms with E-state index in [0.717, 1.165) is 5.56 Å². The number of nitrogens with zero attached hydrogens (tertiary/aromatic N) is 3. The molecule has 0 aliphatic heterocycles. The van der Waals surface area contributed by atoms with E-state index in [1.54, 1.807) is 0 Å². The van der Waals surface area contributed by atoms with Crippen LogP contribution in [-0.2, 0) is 5.75 Å². The Hall–Kier alpha value is -2.28. The second-order valence-corrected chi connectivity index (χ2v) is 4.84. The number of rotatable bonds is 3. The predicted molar refractivity (Wildman–Crippen MR) is 75.7 cm³/mol. The number of aromatic nitrogens is 4. The molecule has 2 aromatic heterocycles. The summed E-state index contributed by atoms with van der Waals surface area (Å²) in [5.41, 5.74) is 7.40. The Balaban J connectivity index is 1.94. The number of nitrogens with one attached hydrogen (secondary N) is 1. The van der Waals surface area contributed by atoms with E-state index in [1.165, 1.54) is 22.2 Å². The van der Waals surface area contributed by atoms with E-state index in [9.17, 15) is 4.79 Å². The number of benzene rings is 1. The van der Waals surface area contributed by atoms with Crippen LogP contribution in [0, 0.1) is 0 Å². The van der Waals surface area contributed by atoms with Gasteiger partial charge in [0.1, 0.15) is 0 Å². The topological polar surface area (TPSA) is 89.6 Å². The highest BCUT2D eigenvalue weighted by Crippen LogP contribution is 2.16. The molecule has 1 aromatic carbocycles. The fraction of sp³-hybridized carbons (Fsp3) is 0.0833. The lowest BCUT2D eigenvalue weighted by Gasteiger charge is -2.07. The van der Waals surface area contributed by atoms with Gasteiger partial charge in [0, 0.05) is 5.75 Å². The molecule has 0 amide bonds. The Morgan fingerprint density at radius 2 is 2.11 bits per heavy atom. The first-order valence-corrected chi connectivity index (χ1v) is 6.59. The minimum atomic E-state index is -0.221. The molecule has 0 unspecified atom stereocenters. The Kier molecular flexibility index (Phi) is 2.96. The van der Waals surface area contributed by atoms with Gasteiger partial charge in [-0.2, -0.15) is 4.98 Å². The van der Waals surface area contributed by atoms with Crippen LogP contribution in [0.4, 0.5) is 5.95 Å². The zero-order chi connectivity index (χ0) is 13.2. The van der Waals surface area contributed by atoms with Crippen LogP contribution < -0.4 is 11.3 Å². The lowest BCUT2D eigenvalue weighted by atomic mass is 10.2. The number of H-pyrrole nitrogens is 1. The van der Waals surface area contributed by atoms with Gasteiger partial charge in [-0.25, -0.2) is 8.96 Å². The number of hydrogen-bond acceptors (Lipinski definition) is 5. The van der Waals surface area contributed by atoms with Gasteiger partial charge in [0.2, 0.25) is 5.95 Å². The van der Waals surface area contributed by atoms with Crippen molar-refractivity contribution in [2.45, 2.75) is 5.75 Å². The van der Waals surface area contributed by atoms with Gasteiger partial charge in [-0.3, -0.25) is 4.79 Å². The molecule has 3 rings (SSSR count). The van der Waals surface area contributed by atoms with Crippen LogP contribution in [-0.4, -0.2) is 18.9 Å². The quantitative estimate of drug-likeness (QED) is 0.753. The van der Waals surface area contributed by atoms with Crippen molar-refractivity contribution in [1.29, 1.82) is 0 Å². The normalized spacial score (nSPS) is 10.9. The Bertz CT molecular complexity index is 765. The second-order valence-electron chi connectivity index (χ2n) is 3.93. The molecule has 0 aliphatic rings. The maximum atomic E-state index is 12.2. The summed E-state index contributed by atoms with van der Waals surface area (Å²) in [6, 6.07) is 9.86. The van der Waals surface area contributed by atoms with Crippen molar-refractivity contribution in [2.24, 2.45) is 0 Å². The monoisotopic (exact) mass is 273 g/mol. The third kappa shape index (κ3) is 2.19. The van der Waals surface area contributed by atoms with Crippen LogP contribution >= 0.6 is 11.9 Å². The molecule has 6 nitrogen and oxygen atoms in total. The van der Waals surface area contributed by atoms with Gasteiger partial charge in [0.05, 0.1) is 6.33 Å². The van der Waals surface area contributed by atoms with Crippen LogP contribution in [0.25, 0.3) is 11.2 Å². The number of anilines is 1. The summed E-state index contributed by atoms with van der Waals surface area (Å²) in [5.74, 6) is 0.803. The van der Waals surface area contributed by atoms with Crippen molar-refractivity contribution >= 4 is 29.1 Å². The molecule has 96 valence electrons. The zero-order valence-corrected chi connectivity index (χ0v) is 10.7. The summed E-state index contributed by atoms with van der Waals surface area (Å²) in [4.78, 5) is 23.0. The molecule has 0 saturated heterocycles. The van der Waals surface area contributed by atoms with Crippen molar-refractivity contribution in [3.63, 3.8) is 0 Å². The summed E-state index contributed by atoms with van der Waals surface area (Å²) in [6.07, 6.45) is 1.44. The van der Waals surface area contributed by atoms with E-state index in [0.29, 0.717) is 16.9 Å². The standard InChI is InChI=1S/C12H11N5OS/c13-12-16-10-9(14-7-15-10)11(18)17(12)19-6-8-4-2-1-3-5-8/h1-5,7H,6H2,(H2,13,16)(H,14,15). The first-order valence-electron chi connectivity index (χ1n) is 5.64. The number of imidazole rings is 1.